The van der Waals surface area contributed by atoms with E-state index in [0.717, 1.165) is 29.9 Å². The van der Waals surface area contributed by atoms with E-state index in [4.69, 9.17) is 14.0 Å². The van der Waals surface area contributed by atoms with Gasteiger partial charge in [-0.05, 0) is 49.1 Å². The summed E-state index contributed by atoms with van der Waals surface area (Å²) < 4.78 is 16.8. The molecule has 0 N–H and O–H groups in total. The summed E-state index contributed by atoms with van der Waals surface area (Å²) in [4.78, 5) is 4.48. The zero-order chi connectivity index (χ0) is 17.2. The number of rotatable bonds is 6. The fourth-order valence-corrected chi connectivity index (χ4v) is 2.70. The number of benzene rings is 2. The number of aromatic nitrogens is 2. The highest BCUT2D eigenvalue weighted by atomic mass is 16.5. The number of hydrogen-bond acceptors (Lipinski definition) is 5. The lowest BCUT2D eigenvalue weighted by Crippen LogP contribution is -1.99. The summed E-state index contributed by atoms with van der Waals surface area (Å²) in [5, 5.41) is 4.08. The molecule has 0 spiro atoms. The molecule has 5 nitrogen and oxygen atoms in total. The molecule has 1 heterocycles. The Morgan fingerprint density at radius 2 is 1.96 bits per heavy atom. The van der Waals surface area contributed by atoms with Gasteiger partial charge in [0.05, 0.1) is 7.11 Å². The second-order valence-corrected chi connectivity index (χ2v) is 6.31. The standard InChI is InChI=1S/C20H20N2O3/c1-13-5-3-4-6-16(13)12-24-17-10-9-15(11-18(17)23-2)19-21-20(25-22-19)14-7-8-14/h3-6,9-11,14H,7-8,12H2,1-2H3. The Labute approximate surface area is 146 Å². The van der Waals surface area contributed by atoms with Crippen molar-refractivity contribution < 1.29 is 14.0 Å². The van der Waals surface area contributed by atoms with Crippen molar-refractivity contribution in [3.05, 3.63) is 59.5 Å². The van der Waals surface area contributed by atoms with Crippen molar-refractivity contribution in [1.29, 1.82) is 0 Å². The Balaban J connectivity index is 1.53. The minimum atomic E-state index is 0.444. The summed E-state index contributed by atoms with van der Waals surface area (Å²) in [6, 6.07) is 13.9. The highest BCUT2D eigenvalue weighted by Crippen LogP contribution is 2.40. The highest BCUT2D eigenvalue weighted by Gasteiger charge is 2.29. The Morgan fingerprint density at radius 1 is 1.12 bits per heavy atom. The van der Waals surface area contributed by atoms with Crippen LogP contribution in [0.3, 0.4) is 0 Å². The van der Waals surface area contributed by atoms with Crippen LogP contribution in [0.4, 0.5) is 0 Å². The van der Waals surface area contributed by atoms with Crippen LogP contribution in [0.15, 0.2) is 47.0 Å². The van der Waals surface area contributed by atoms with E-state index in [9.17, 15) is 0 Å². The van der Waals surface area contributed by atoms with Crippen molar-refractivity contribution in [3.63, 3.8) is 0 Å². The fraction of sp³-hybridized carbons (Fsp3) is 0.300. The van der Waals surface area contributed by atoms with Crippen molar-refractivity contribution in [1.82, 2.24) is 10.1 Å². The molecule has 1 aromatic heterocycles. The van der Waals surface area contributed by atoms with Gasteiger partial charge in [0.2, 0.25) is 11.7 Å². The van der Waals surface area contributed by atoms with Gasteiger partial charge in [-0.15, -0.1) is 0 Å². The molecule has 0 aliphatic heterocycles. The molecule has 0 unspecified atom stereocenters. The average molecular weight is 336 g/mol. The first-order chi connectivity index (χ1) is 12.2. The minimum absolute atomic E-state index is 0.444. The molecule has 1 aliphatic carbocycles. The van der Waals surface area contributed by atoms with Crippen molar-refractivity contribution in [2.24, 2.45) is 0 Å². The number of hydrogen-bond donors (Lipinski definition) is 0. The lowest BCUT2D eigenvalue weighted by Gasteiger charge is -2.12. The largest absolute Gasteiger partial charge is 0.493 e. The van der Waals surface area contributed by atoms with Crippen LogP contribution in [0.5, 0.6) is 11.5 Å². The van der Waals surface area contributed by atoms with E-state index >= 15 is 0 Å². The summed E-state index contributed by atoms with van der Waals surface area (Å²) in [7, 11) is 1.63. The Morgan fingerprint density at radius 3 is 2.72 bits per heavy atom. The molecule has 2 aromatic carbocycles. The smallest absolute Gasteiger partial charge is 0.230 e. The molecule has 128 valence electrons. The third kappa shape index (κ3) is 3.36. The first-order valence-electron chi connectivity index (χ1n) is 8.44. The normalized spacial score (nSPS) is 13.7. The van der Waals surface area contributed by atoms with Gasteiger partial charge in [-0.1, -0.05) is 29.4 Å². The minimum Gasteiger partial charge on any atom is -0.493 e. The van der Waals surface area contributed by atoms with Gasteiger partial charge in [0.15, 0.2) is 11.5 Å². The summed E-state index contributed by atoms with van der Waals surface area (Å²) in [5.74, 6) is 3.11. The predicted molar refractivity (Wildman–Crippen MR) is 93.8 cm³/mol. The molecule has 0 amide bonds. The molecule has 0 radical (unpaired) electrons. The highest BCUT2D eigenvalue weighted by molar-refractivity contribution is 5.60. The van der Waals surface area contributed by atoms with Gasteiger partial charge >= 0.3 is 0 Å². The average Bonchev–Trinajstić information content (AvgIpc) is 3.38. The van der Waals surface area contributed by atoms with E-state index in [2.05, 4.69) is 29.2 Å². The monoisotopic (exact) mass is 336 g/mol. The van der Waals surface area contributed by atoms with Crippen LogP contribution in [0.2, 0.25) is 0 Å². The van der Waals surface area contributed by atoms with Gasteiger partial charge in [-0.25, -0.2) is 0 Å². The summed E-state index contributed by atoms with van der Waals surface area (Å²) in [5.41, 5.74) is 3.22. The SMILES string of the molecule is COc1cc(-c2noc(C3CC3)n2)ccc1OCc1ccccc1C. The van der Waals surface area contributed by atoms with Gasteiger partial charge in [-0.2, -0.15) is 4.98 Å². The maximum atomic E-state index is 5.95. The maximum absolute atomic E-state index is 5.95. The van der Waals surface area contributed by atoms with Crippen molar-refractivity contribution in [2.45, 2.75) is 32.3 Å². The van der Waals surface area contributed by atoms with Crippen LogP contribution in [-0.4, -0.2) is 17.3 Å². The first kappa shape index (κ1) is 15.7. The van der Waals surface area contributed by atoms with Crippen LogP contribution in [-0.2, 0) is 6.61 Å². The van der Waals surface area contributed by atoms with E-state index in [1.165, 1.54) is 5.56 Å². The summed E-state index contributed by atoms with van der Waals surface area (Å²) in [6.07, 6.45) is 2.27. The maximum Gasteiger partial charge on any atom is 0.230 e. The molecular formula is C20H20N2O3. The third-order valence-corrected chi connectivity index (χ3v) is 4.43. The molecular weight excluding hydrogens is 316 g/mol. The quantitative estimate of drug-likeness (QED) is 0.663. The van der Waals surface area contributed by atoms with Crippen LogP contribution in [0.25, 0.3) is 11.4 Å². The summed E-state index contributed by atoms with van der Waals surface area (Å²) >= 11 is 0. The Bertz CT molecular complexity index is 884. The first-order valence-corrected chi connectivity index (χ1v) is 8.44. The van der Waals surface area contributed by atoms with Crippen LogP contribution in [0.1, 0.15) is 35.8 Å². The van der Waals surface area contributed by atoms with Crippen molar-refractivity contribution >= 4 is 0 Å². The second-order valence-electron chi connectivity index (χ2n) is 6.31. The second kappa shape index (κ2) is 6.59. The van der Waals surface area contributed by atoms with Crippen LogP contribution < -0.4 is 9.47 Å². The number of methoxy groups -OCH3 is 1. The molecule has 0 atom stereocenters. The van der Waals surface area contributed by atoms with Crippen molar-refractivity contribution in [3.8, 4) is 22.9 Å². The Kier molecular flexibility index (Phi) is 4.14. The van der Waals surface area contributed by atoms with E-state index in [-0.39, 0.29) is 0 Å². The molecule has 5 heteroatoms. The van der Waals surface area contributed by atoms with Gasteiger partial charge in [0, 0.05) is 11.5 Å². The van der Waals surface area contributed by atoms with E-state index in [1.54, 1.807) is 7.11 Å². The lowest BCUT2D eigenvalue weighted by atomic mass is 10.1. The predicted octanol–water partition coefficient (Wildman–Crippen LogP) is 4.51. The van der Waals surface area contributed by atoms with E-state index in [0.29, 0.717) is 29.8 Å². The van der Waals surface area contributed by atoms with Gasteiger partial charge in [-0.3, -0.25) is 0 Å². The molecule has 0 saturated heterocycles. The third-order valence-electron chi connectivity index (χ3n) is 4.43. The number of ether oxygens (including phenoxy) is 2. The van der Waals surface area contributed by atoms with Gasteiger partial charge < -0.3 is 14.0 Å². The molecule has 1 saturated carbocycles. The van der Waals surface area contributed by atoms with E-state index < -0.39 is 0 Å². The molecule has 4 rings (SSSR count). The van der Waals surface area contributed by atoms with E-state index in [1.807, 2.05) is 30.3 Å². The fourth-order valence-electron chi connectivity index (χ4n) is 2.70. The molecule has 25 heavy (non-hydrogen) atoms. The van der Waals surface area contributed by atoms with Gasteiger partial charge in [0.1, 0.15) is 6.61 Å². The molecule has 1 aliphatic rings. The van der Waals surface area contributed by atoms with Crippen LogP contribution in [0, 0.1) is 6.92 Å². The molecule has 3 aromatic rings. The molecule has 0 bridgehead atoms. The van der Waals surface area contributed by atoms with Crippen LogP contribution >= 0.6 is 0 Å². The van der Waals surface area contributed by atoms with Crippen molar-refractivity contribution in [2.75, 3.05) is 7.11 Å². The zero-order valence-corrected chi connectivity index (χ0v) is 14.4. The van der Waals surface area contributed by atoms with Gasteiger partial charge in [0.25, 0.3) is 0 Å². The zero-order valence-electron chi connectivity index (χ0n) is 14.4. The topological polar surface area (TPSA) is 57.4 Å². The number of nitrogens with zero attached hydrogens (tertiary/aromatic N) is 2. The molecule has 1 fully saturated rings. The lowest BCUT2D eigenvalue weighted by molar-refractivity contribution is 0.284. The number of aryl methyl sites for hydroxylation is 1. The Hall–Kier alpha value is -2.82. The summed E-state index contributed by atoms with van der Waals surface area (Å²) in [6.45, 7) is 2.57.